The van der Waals surface area contributed by atoms with E-state index >= 15 is 0 Å². The number of nitrogens with two attached hydrogens (primary N) is 1. The maximum atomic E-state index is 11.6. The SMILES string of the molecule is COCCOCCN1C(=O)CCC(N)C1=O. The third kappa shape index (κ3) is 3.55. The van der Waals surface area contributed by atoms with Crippen molar-refractivity contribution in [3.05, 3.63) is 0 Å². The Morgan fingerprint density at radius 3 is 2.81 bits per heavy atom. The number of amides is 2. The summed E-state index contributed by atoms with van der Waals surface area (Å²) in [6, 6.07) is -0.545. The van der Waals surface area contributed by atoms with Gasteiger partial charge < -0.3 is 15.2 Å². The zero-order valence-corrected chi connectivity index (χ0v) is 9.48. The number of rotatable bonds is 6. The van der Waals surface area contributed by atoms with Crippen LogP contribution >= 0.6 is 0 Å². The Labute approximate surface area is 94.7 Å². The molecular formula is C10H18N2O4. The van der Waals surface area contributed by atoms with Crippen LogP contribution in [0, 0.1) is 0 Å². The predicted octanol–water partition coefficient (Wildman–Crippen LogP) is -0.874. The molecule has 2 amide bonds. The van der Waals surface area contributed by atoms with Gasteiger partial charge in [-0.2, -0.15) is 0 Å². The second-order valence-corrected chi connectivity index (χ2v) is 3.63. The maximum absolute atomic E-state index is 11.6. The van der Waals surface area contributed by atoms with Crippen molar-refractivity contribution < 1.29 is 19.1 Å². The number of imide groups is 1. The lowest BCUT2D eigenvalue weighted by Crippen LogP contribution is -2.52. The van der Waals surface area contributed by atoms with Gasteiger partial charge in [-0.15, -0.1) is 0 Å². The van der Waals surface area contributed by atoms with E-state index in [-0.39, 0.29) is 18.4 Å². The molecular weight excluding hydrogens is 212 g/mol. The summed E-state index contributed by atoms with van der Waals surface area (Å²) in [6.07, 6.45) is 0.781. The van der Waals surface area contributed by atoms with Crippen molar-refractivity contribution in [2.45, 2.75) is 18.9 Å². The van der Waals surface area contributed by atoms with E-state index in [2.05, 4.69) is 0 Å². The molecule has 0 spiro atoms. The molecule has 92 valence electrons. The van der Waals surface area contributed by atoms with Crippen LogP contribution < -0.4 is 5.73 Å². The van der Waals surface area contributed by atoms with Gasteiger partial charge >= 0.3 is 0 Å². The second kappa shape index (κ2) is 6.57. The Hall–Kier alpha value is -0.980. The number of nitrogens with zero attached hydrogens (tertiary/aromatic N) is 1. The van der Waals surface area contributed by atoms with Crippen LogP contribution in [0.15, 0.2) is 0 Å². The van der Waals surface area contributed by atoms with Gasteiger partial charge in [0.25, 0.3) is 0 Å². The van der Waals surface area contributed by atoms with Crippen LogP contribution in [0.1, 0.15) is 12.8 Å². The van der Waals surface area contributed by atoms with Gasteiger partial charge in [0.2, 0.25) is 11.8 Å². The Bertz CT molecular complexity index is 257. The molecule has 16 heavy (non-hydrogen) atoms. The van der Waals surface area contributed by atoms with E-state index in [1.54, 1.807) is 7.11 Å². The van der Waals surface area contributed by atoms with Crippen molar-refractivity contribution >= 4 is 11.8 Å². The molecule has 1 saturated heterocycles. The number of methoxy groups -OCH3 is 1. The third-order valence-corrected chi connectivity index (χ3v) is 2.44. The number of ether oxygens (including phenoxy) is 2. The Balaban J connectivity index is 2.28. The van der Waals surface area contributed by atoms with Crippen LogP contribution in [0.25, 0.3) is 0 Å². The van der Waals surface area contributed by atoms with Crippen LogP contribution in [0.5, 0.6) is 0 Å². The minimum atomic E-state index is -0.545. The molecule has 0 aliphatic carbocycles. The first kappa shape index (κ1) is 13.1. The van der Waals surface area contributed by atoms with Crippen molar-refractivity contribution in [1.29, 1.82) is 0 Å². The maximum Gasteiger partial charge on any atom is 0.246 e. The van der Waals surface area contributed by atoms with Crippen LogP contribution in [0.3, 0.4) is 0 Å². The number of hydrogen-bond acceptors (Lipinski definition) is 5. The molecule has 1 aliphatic heterocycles. The summed E-state index contributed by atoms with van der Waals surface area (Å²) in [6.45, 7) is 1.56. The fraction of sp³-hybridized carbons (Fsp3) is 0.800. The van der Waals surface area contributed by atoms with Crippen LogP contribution in [0.2, 0.25) is 0 Å². The second-order valence-electron chi connectivity index (χ2n) is 3.63. The van der Waals surface area contributed by atoms with Gasteiger partial charge in [0.05, 0.1) is 32.4 Å². The van der Waals surface area contributed by atoms with Crippen LogP contribution in [0.4, 0.5) is 0 Å². The van der Waals surface area contributed by atoms with Gasteiger partial charge in [-0.05, 0) is 6.42 Å². The first-order chi connectivity index (χ1) is 7.66. The number of hydrogen-bond donors (Lipinski definition) is 1. The van der Waals surface area contributed by atoms with E-state index in [0.717, 1.165) is 0 Å². The smallest absolute Gasteiger partial charge is 0.246 e. The average molecular weight is 230 g/mol. The Morgan fingerprint density at radius 2 is 2.12 bits per heavy atom. The molecule has 0 saturated carbocycles. The summed E-state index contributed by atoms with van der Waals surface area (Å²) in [5.74, 6) is -0.464. The molecule has 0 aromatic carbocycles. The Kier molecular flexibility index (Phi) is 5.37. The summed E-state index contributed by atoms with van der Waals surface area (Å²) in [5.41, 5.74) is 5.58. The molecule has 0 aromatic rings. The highest BCUT2D eigenvalue weighted by atomic mass is 16.5. The molecule has 6 heteroatoms. The quantitative estimate of drug-likeness (QED) is 0.473. The zero-order chi connectivity index (χ0) is 12.0. The molecule has 6 nitrogen and oxygen atoms in total. The molecule has 0 radical (unpaired) electrons. The summed E-state index contributed by atoms with van der Waals surface area (Å²) >= 11 is 0. The molecule has 2 N–H and O–H groups in total. The first-order valence-electron chi connectivity index (χ1n) is 5.33. The van der Waals surface area contributed by atoms with Crippen molar-refractivity contribution in [2.24, 2.45) is 5.73 Å². The van der Waals surface area contributed by atoms with E-state index in [1.165, 1.54) is 4.90 Å². The topological polar surface area (TPSA) is 81.9 Å². The molecule has 1 fully saturated rings. The van der Waals surface area contributed by atoms with Gasteiger partial charge in [0, 0.05) is 13.5 Å². The standard InChI is InChI=1S/C10H18N2O4/c1-15-6-7-16-5-4-12-9(13)3-2-8(11)10(12)14/h8H,2-7,11H2,1H3. The van der Waals surface area contributed by atoms with E-state index < -0.39 is 6.04 Å². The molecule has 1 unspecified atom stereocenters. The summed E-state index contributed by atoms with van der Waals surface area (Å²) in [7, 11) is 1.58. The zero-order valence-electron chi connectivity index (χ0n) is 9.48. The third-order valence-electron chi connectivity index (χ3n) is 2.44. The molecule has 1 rings (SSSR count). The largest absolute Gasteiger partial charge is 0.382 e. The fourth-order valence-corrected chi connectivity index (χ4v) is 1.50. The lowest BCUT2D eigenvalue weighted by molar-refractivity contribution is -0.150. The molecule has 1 atom stereocenters. The van der Waals surface area contributed by atoms with Crippen molar-refractivity contribution in [3.63, 3.8) is 0 Å². The van der Waals surface area contributed by atoms with E-state index in [4.69, 9.17) is 15.2 Å². The lowest BCUT2D eigenvalue weighted by Gasteiger charge is -2.28. The van der Waals surface area contributed by atoms with Crippen molar-refractivity contribution in [3.8, 4) is 0 Å². The summed E-state index contributed by atoms with van der Waals surface area (Å²) < 4.78 is 10.00. The highest BCUT2D eigenvalue weighted by molar-refractivity contribution is 6.00. The first-order valence-corrected chi connectivity index (χ1v) is 5.33. The molecule has 0 aromatic heterocycles. The minimum absolute atomic E-state index is 0.165. The van der Waals surface area contributed by atoms with Gasteiger partial charge in [0.15, 0.2) is 0 Å². The van der Waals surface area contributed by atoms with Crippen LogP contribution in [-0.2, 0) is 19.1 Å². The monoisotopic (exact) mass is 230 g/mol. The molecule has 0 bridgehead atoms. The lowest BCUT2D eigenvalue weighted by atomic mass is 10.1. The summed E-state index contributed by atoms with van der Waals surface area (Å²) in [4.78, 5) is 24.2. The van der Waals surface area contributed by atoms with Gasteiger partial charge in [0.1, 0.15) is 0 Å². The summed E-state index contributed by atoms with van der Waals surface area (Å²) in [5, 5.41) is 0. The predicted molar refractivity (Wildman–Crippen MR) is 56.6 cm³/mol. The molecule has 1 heterocycles. The Morgan fingerprint density at radius 1 is 1.38 bits per heavy atom. The van der Waals surface area contributed by atoms with Gasteiger partial charge in [-0.1, -0.05) is 0 Å². The van der Waals surface area contributed by atoms with Crippen molar-refractivity contribution in [2.75, 3.05) is 33.5 Å². The van der Waals surface area contributed by atoms with Gasteiger partial charge in [-0.3, -0.25) is 14.5 Å². The minimum Gasteiger partial charge on any atom is -0.382 e. The highest BCUT2D eigenvalue weighted by Crippen LogP contribution is 2.10. The van der Waals surface area contributed by atoms with E-state index in [9.17, 15) is 9.59 Å². The normalized spacial score (nSPS) is 21.6. The number of likely N-dealkylation sites (tertiary alicyclic amines) is 1. The van der Waals surface area contributed by atoms with Crippen LogP contribution in [-0.4, -0.2) is 56.2 Å². The van der Waals surface area contributed by atoms with Crippen molar-refractivity contribution in [1.82, 2.24) is 4.90 Å². The van der Waals surface area contributed by atoms with Gasteiger partial charge in [-0.25, -0.2) is 0 Å². The number of piperidine rings is 1. The number of carbonyl (C=O) groups excluding carboxylic acids is 2. The highest BCUT2D eigenvalue weighted by Gasteiger charge is 2.31. The fourth-order valence-electron chi connectivity index (χ4n) is 1.50. The van der Waals surface area contributed by atoms with E-state index in [1.807, 2.05) is 0 Å². The number of carbonyl (C=O) groups is 2. The average Bonchev–Trinajstić information content (AvgIpc) is 2.28. The molecule has 1 aliphatic rings. The van der Waals surface area contributed by atoms with E-state index in [0.29, 0.717) is 32.7 Å².